The quantitative estimate of drug-likeness (QED) is 0.356. The lowest BCUT2D eigenvalue weighted by Crippen LogP contribution is -2.59. The molecule has 7 atom stereocenters. The number of nitrogens with zero attached hydrogens (tertiary/aromatic N) is 2. The molecule has 2 amide bonds. The predicted octanol–water partition coefficient (Wildman–Crippen LogP) is 3.68. The van der Waals surface area contributed by atoms with Gasteiger partial charge in [-0.1, -0.05) is 56.3 Å². The number of rotatable bonds is 10. The lowest BCUT2D eigenvalue weighted by molar-refractivity contribution is -0.161. The van der Waals surface area contributed by atoms with Crippen molar-refractivity contribution in [3.05, 3.63) is 54.1 Å². The minimum absolute atomic E-state index is 0.00684. The van der Waals surface area contributed by atoms with Crippen LogP contribution in [0.15, 0.2) is 43.5 Å². The molecule has 3 aliphatic rings. The van der Waals surface area contributed by atoms with Crippen molar-refractivity contribution >= 4 is 35.1 Å². The van der Waals surface area contributed by atoms with Gasteiger partial charge in [0.1, 0.15) is 24.2 Å². The number of aryl methyl sites for hydroxylation is 1. The normalized spacial score (nSPS) is 32.2. The van der Waals surface area contributed by atoms with E-state index in [-0.39, 0.29) is 37.5 Å². The number of hydrogen-bond donors (Lipinski definition) is 1. The molecule has 0 radical (unpaired) electrons. The van der Waals surface area contributed by atoms with Crippen LogP contribution in [0.4, 0.5) is 5.69 Å². The van der Waals surface area contributed by atoms with Crippen LogP contribution in [0.5, 0.6) is 0 Å². The Balaban J connectivity index is 1.90. The molecule has 8 nitrogen and oxygen atoms in total. The largest absolute Gasteiger partial charge is 0.461 e. The zero-order valence-electron chi connectivity index (χ0n) is 22.5. The highest BCUT2D eigenvalue weighted by molar-refractivity contribution is 6.34. The maximum absolute atomic E-state index is 14.7. The van der Waals surface area contributed by atoms with E-state index in [2.05, 4.69) is 13.2 Å². The van der Waals surface area contributed by atoms with Gasteiger partial charge in [0.15, 0.2) is 0 Å². The average molecular weight is 545 g/mol. The van der Waals surface area contributed by atoms with E-state index in [1.54, 1.807) is 18.2 Å². The Morgan fingerprint density at radius 2 is 2.08 bits per heavy atom. The summed E-state index contributed by atoms with van der Waals surface area (Å²) in [4.78, 5) is 45.2. The average Bonchev–Trinajstić information content (AvgIpc) is 3.39. The summed E-state index contributed by atoms with van der Waals surface area (Å²) in [6, 6.07) is 3.67. The van der Waals surface area contributed by atoms with Crippen molar-refractivity contribution in [2.24, 2.45) is 17.8 Å². The molecule has 1 aromatic carbocycles. The molecule has 2 bridgehead atoms. The van der Waals surface area contributed by atoms with Crippen molar-refractivity contribution < 1.29 is 29.0 Å². The van der Waals surface area contributed by atoms with Crippen LogP contribution < -0.4 is 4.90 Å². The van der Waals surface area contributed by atoms with Gasteiger partial charge in [0.25, 0.3) is 5.91 Å². The first-order valence-corrected chi connectivity index (χ1v) is 13.5. The van der Waals surface area contributed by atoms with Crippen LogP contribution in [0.2, 0.25) is 5.02 Å². The Morgan fingerprint density at radius 3 is 2.66 bits per heavy atom. The van der Waals surface area contributed by atoms with Gasteiger partial charge in [-0.15, -0.1) is 6.58 Å². The minimum Gasteiger partial charge on any atom is -0.461 e. The van der Waals surface area contributed by atoms with Crippen LogP contribution in [0, 0.1) is 24.7 Å². The lowest BCUT2D eigenvalue weighted by atomic mass is 9.62. The fraction of sp³-hybridized carbons (Fsp3) is 0.552. The molecule has 1 aromatic rings. The van der Waals surface area contributed by atoms with Crippen LogP contribution in [0.1, 0.15) is 39.2 Å². The first-order valence-electron chi connectivity index (χ1n) is 13.1. The fourth-order valence-corrected chi connectivity index (χ4v) is 7.21. The van der Waals surface area contributed by atoms with Gasteiger partial charge in [-0.3, -0.25) is 14.4 Å². The van der Waals surface area contributed by atoms with E-state index < -0.39 is 41.1 Å². The molecule has 206 valence electrons. The highest BCUT2D eigenvalue weighted by Crippen LogP contribution is 2.65. The number of carbonyl (C=O) groups excluding carboxylic acids is 3. The zero-order valence-corrected chi connectivity index (χ0v) is 23.2. The van der Waals surface area contributed by atoms with E-state index in [1.807, 2.05) is 33.8 Å². The molecule has 1 N–H and O–H groups in total. The van der Waals surface area contributed by atoms with Gasteiger partial charge in [0.2, 0.25) is 5.91 Å². The van der Waals surface area contributed by atoms with Crippen molar-refractivity contribution in [1.29, 1.82) is 0 Å². The first-order chi connectivity index (χ1) is 18.0. The van der Waals surface area contributed by atoms with Crippen LogP contribution >= 0.6 is 11.6 Å². The van der Waals surface area contributed by atoms with Crippen LogP contribution in [-0.2, 0) is 23.9 Å². The van der Waals surface area contributed by atoms with Crippen LogP contribution in [0.3, 0.4) is 0 Å². The van der Waals surface area contributed by atoms with Crippen molar-refractivity contribution in [2.45, 2.75) is 63.8 Å². The summed E-state index contributed by atoms with van der Waals surface area (Å²) in [5, 5.41) is 10.7. The van der Waals surface area contributed by atoms with Crippen molar-refractivity contribution in [3.63, 3.8) is 0 Å². The molecular weight excluding hydrogens is 508 g/mol. The summed E-state index contributed by atoms with van der Waals surface area (Å²) in [7, 11) is 0. The number of aliphatic hydroxyl groups excluding tert-OH is 1. The maximum atomic E-state index is 14.7. The standard InChI is InChI=1S/C29H37ClN2O6/c1-7-13-31(23-17(4)11-10-12-20(23)30)26(35)24-29-15-18(5)28(6,38-29)22(27(36)37-14-8-2)21(29)25(34)32(24)19(9-3)16-33/h7-8,10-12,18-19,21-22,24,33H,1-2,9,13-16H2,3-6H3/t18?,19-,21-,22+,24?,28-,29?/m0/s1. The molecule has 3 fully saturated rings. The SMILES string of the molecule is C=CCOC(=O)[C@H]1[C@H]2C(=O)N([C@@H](CC)CO)C(C(=O)N(CC=C)c3c(C)cccc3Cl)C23CC(C)[C@]1(C)O3. The summed E-state index contributed by atoms with van der Waals surface area (Å²) in [5.74, 6) is -3.27. The number of fused-ring (bicyclic) bond motifs is 1. The van der Waals surface area contributed by atoms with Crippen LogP contribution in [-0.4, -0.2) is 70.8 Å². The van der Waals surface area contributed by atoms with Gasteiger partial charge in [-0.2, -0.15) is 0 Å². The highest BCUT2D eigenvalue weighted by Gasteiger charge is 2.80. The number of amides is 2. The third-order valence-electron chi connectivity index (χ3n) is 8.70. The number of ether oxygens (including phenoxy) is 2. The Labute approximate surface area is 229 Å². The molecule has 38 heavy (non-hydrogen) atoms. The van der Waals surface area contributed by atoms with Gasteiger partial charge in [0.05, 0.1) is 34.9 Å². The topological polar surface area (TPSA) is 96.4 Å². The van der Waals surface area contributed by atoms with Crippen molar-refractivity contribution in [3.8, 4) is 0 Å². The highest BCUT2D eigenvalue weighted by atomic mass is 35.5. The molecule has 3 unspecified atom stereocenters. The van der Waals surface area contributed by atoms with E-state index in [4.69, 9.17) is 21.1 Å². The minimum atomic E-state index is -1.27. The number of hydrogen-bond acceptors (Lipinski definition) is 6. The fourth-order valence-electron chi connectivity index (χ4n) is 6.89. The smallest absolute Gasteiger partial charge is 0.313 e. The van der Waals surface area contributed by atoms with Gasteiger partial charge in [0, 0.05) is 6.54 Å². The number of anilines is 1. The van der Waals surface area contributed by atoms with Crippen molar-refractivity contribution in [2.75, 3.05) is 24.7 Å². The molecule has 1 spiro atoms. The molecule has 3 heterocycles. The summed E-state index contributed by atoms with van der Waals surface area (Å²) < 4.78 is 12.2. The summed E-state index contributed by atoms with van der Waals surface area (Å²) in [6.07, 6.45) is 3.90. The number of para-hydroxylation sites is 1. The Hall–Kier alpha value is -2.68. The van der Waals surface area contributed by atoms with E-state index in [1.165, 1.54) is 15.9 Å². The molecule has 9 heteroatoms. The molecular formula is C29H37ClN2O6. The molecule has 4 rings (SSSR count). The second kappa shape index (κ2) is 10.5. The Morgan fingerprint density at radius 1 is 1.37 bits per heavy atom. The zero-order chi connectivity index (χ0) is 28.0. The van der Waals surface area contributed by atoms with E-state index >= 15 is 0 Å². The first kappa shape index (κ1) is 28.3. The third kappa shape index (κ3) is 4.00. The van der Waals surface area contributed by atoms with Crippen LogP contribution in [0.25, 0.3) is 0 Å². The number of halogens is 1. The maximum Gasteiger partial charge on any atom is 0.313 e. The number of likely N-dealkylation sites (tertiary alicyclic amines) is 1. The van der Waals surface area contributed by atoms with Crippen molar-refractivity contribution in [1.82, 2.24) is 4.90 Å². The van der Waals surface area contributed by atoms with Gasteiger partial charge in [-0.25, -0.2) is 0 Å². The Bertz CT molecular complexity index is 1130. The van der Waals surface area contributed by atoms with E-state index in [0.29, 0.717) is 23.6 Å². The summed E-state index contributed by atoms with van der Waals surface area (Å²) in [6.45, 7) is 14.8. The molecule has 3 saturated heterocycles. The number of aliphatic hydroxyl groups is 1. The summed E-state index contributed by atoms with van der Waals surface area (Å²) >= 11 is 6.59. The second-order valence-electron chi connectivity index (χ2n) is 10.8. The van der Waals surface area contributed by atoms with Gasteiger partial charge >= 0.3 is 5.97 Å². The summed E-state index contributed by atoms with van der Waals surface area (Å²) in [5.41, 5.74) is -0.947. The molecule has 0 saturated carbocycles. The Kier molecular flexibility index (Phi) is 7.81. The monoisotopic (exact) mass is 544 g/mol. The van der Waals surface area contributed by atoms with E-state index in [0.717, 1.165) is 5.56 Å². The van der Waals surface area contributed by atoms with E-state index in [9.17, 15) is 19.5 Å². The molecule has 0 aliphatic carbocycles. The number of carbonyl (C=O) groups is 3. The molecule has 0 aromatic heterocycles. The van der Waals surface area contributed by atoms with Gasteiger partial charge in [-0.05, 0) is 44.2 Å². The lowest BCUT2D eigenvalue weighted by Gasteiger charge is -2.39. The second-order valence-corrected chi connectivity index (χ2v) is 11.2. The number of esters is 1. The van der Waals surface area contributed by atoms with Gasteiger partial charge < -0.3 is 24.4 Å². The number of benzene rings is 1. The third-order valence-corrected chi connectivity index (χ3v) is 9.00. The predicted molar refractivity (Wildman–Crippen MR) is 145 cm³/mol. The molecule has 3 aliphatic heterocycles.